The van der Waals surface area contributed by atoms with Crippen molar-refractivity contribution in [3.63, 3.8) is 0 Å². The molecular formula is C19H16N6O2. The lowest BCUT2D eigenvalue weighted by Crippen LogP contribution is -2.29. The van der Waals surface area contributed by atoms with E-state index in [2.05, 4.69) is 26.3 Å². The van der Waals surface area contributed by atoms with Crippen LogP contribution in [0.2, 0.25) is 0 Å². The Bertz CT molecular complexity index is 1110. The Kier molecular flexibility index (Phi) is 4.05. The number of esters is 1. The highest BCUT2D eigenvalue weighted by Gasteiger charge is 2.35. The third kappa shape index (κ3) is 2.69. The number of fused-ring (bicyclic) bond motifs is 3. The van der Waals surface area contributed by atoms with Gasteiger partial charge in [0.2, 0.25) is 5.95 Å². The lowest BCUT2D eigenvalue weighted by molar-refractivity contribution is -0.139. The van der Waals surface area contributed by atoms with Gasteiger partial charge in [0, 0.05) is 5.70 Å². The van der Waals surface area contributed by atoms with E-state index in [0.717, 1.165) is 5.56 Å². The Balaban J connectivity index is 1.96. The van der Waals surface area contributed by atoms with Crippen LogP contribution in [-0.4, -0.2) is 32.1 Å². The molecule has 134 valence electrons. The van der Waals surface area contributed by atoms with Crippen molar-refractivity contribution in [3.05, 3.63) is 59.2 Å². The largest absolute Gasteiger partial charge is 0.463 e. The van der Waals surface area contributed by atoms with Gasteiger partial charge in [-0.15, -0.1) is 0 Å². The van der Waals surface area contributed by atoms with E-state index in [4.69, 9.17) is 10.00 Å². The van der Waals surface area contributed by atoms with Gasteiger partial charge in [0.25, 0.3) is 0 Å². The van der Waals surface area contributed by atoms with Crippen LogP contribution in [0.15, 0.2) is 48.1 Å². The molecule has 0 amide bonds. The maximum absolute atomic E-state index is 12.7. The molecule has 2 aromatic heterocycles. The summed E-state index contributed by atoms with van der Waals surface area (Å²) in [7, 11) is 0. The Morgan fingerprint density at radius 1 is 1.37 bits per heavy atom. The van der Waals surface area contributed by atoms with E-state index in [1.165, 1.54) is 6.33 Å². The highest BCUT2D eigenvalue weighted by molar-refractivity contribution is 5.93. The van der Waals surface area contributed by atoms with Crippen LogP contribution in [0.1, 0.15) is 31.0 Å². The van der Waals surface area contributed by atoms with Gasteiger partial charge in [-0.3, -0.25) is 4.57 Å². The van der Waals surface area contributed by atoms with Crippen LogP contribution in [0.3, 0.4) is 0 Å². The first kappa shape index (κ1) is 16.7. The zero-order chi connectivity index (χ0) is 19.0. The molecule has 0 radical (unpaired) electrons. The predicted molar refractivity (Wildman–Crippen MR) is 97.6 cm³/mol. The highest BCUT2D eigenvalue weighted by Crippen LogP contribution is 2.39. The lowest BCUT2D eigenvalue weighted by atomic mass is 9.94. The number of carbonyl (C=O) groups is 1. The Morgan fingerprint density at radius 3 is 2.85 bits per heavy atom. The second-order valence-electron chi connectivity index (χ2n) is 6.06. The Morgan fingerprint density at radius 2 is 2.15 bits per heavy atom. The number of hydrogen-bond acceptors (Lipinski definition) is 7. The van der Waals surface area contributed by atoms with Gasteiger partial charge in [-0.25, -0.2) is 14.8 Å². The first-order valence-electron chi connectivity index (χ1n) is 8.47. The van der Waals surface area contributed by atoms with Crippen molar-refractivity contribution in [3.8, 4) is 6.07 Å². The predicted octanol–water partition coefficient (Wildman–Crippen LogP) is 2.55. The average Bonchev–Trinajstić information content (AvgIpc) is 3.05. The summed E-state index contributed by atoms with van der Waals surface area (Å²) in [5.74, 6) is 0.173. The number of allylic oxidation sites excluding steroid dienone is 1. The number of nitriles is 1. The fraction of sp³-hybridized carbons (Fsp3) is 0.211. The minimum absolute atomic E-state index is 0.274. The maximum Gasteiger partial charge on any atom is 0.338 e. The van der Waals surface area contributed by atoms with Gasteiger partial charge in [-0.05, 0) is 31.5 Å². The average molecular weight is 360 g/mol. The molecule has 27 heavy (non-hydrogen) atoms. The molecule has 8 nitrogen and oxygen atoms in total. The molecule has 0 aliphatic carbocycles. The molecule has 3 aromatic rings. The quantitative estimate of drug-likeness (QED) is 0.715. The summed E-state index contributed by atoms with van der Waals surface area (Å²) in [4.78, 5) is 25.6. The topological polar surface area (TPSA) is 106 Å². The molecule has 0 spiro atoms. The molecule has 0 saturated carbocycles. The second kappa shape index (κ2) is 6.53. The van der Waals surface area contributed by atoms with Gasteiger partial charge < -0.3 is 10.1 Å². The molecule has 1 N–H and O–H groups in total. The van der Waals surface area contributed by atoms with Crippen molar-refractivity contribution < 1.29 is 9.53 Å². The summed E-state index contributed by atoms with van der Waals surface area (Å²) in [6, 6.07) is 8.76. The monoisotopic (exact) mass is 360 g/mol. The van der Waals surface area contributed by atoms with Crippen molar-refractivity contribution in [2.75, 3.05) is 11.9 Å². The van der Waals surface area contributed by atoms with E-state index < -0.39 is 12.0 Å². The van der Waals surface area contributed by atoms with Gasteiger partial charge in [0.1, 0.15) is 11.8 Å². The van der Waals surface area contributed by atoms with Crippen molar-refractivity contribution >= 4 is 23.1 Å². The van der Waals surface area contributed by atoms with Crippen molar-refractivity contribution in [1.29, 1.82) is 5.26 Å². The van der Waals surface area contributed by atoms with Crippen LogP contribution in [0.25, 0.3) is 11.2 Å². The highest BCUT2D eigenvalue weighted by atomic mass is 16.5. The number of rotatable bonds is 3. The maximum atomic E-state index is 12.7. The summed E-state index contributed by atoms with van der Waals surface area (Å²) in [5, 5.41) is 12.3. The molecule has 0 bridgehead atoms. The molecule has 0 saturated heterocycles. The first-order valence-corrected chi connectivity index (χ1v) is 8.47. The van der Waals surface area contributed by atoms with Gasteiger partial charge in [-0.2, -0.15) is 10.2 Å². The molecule has 4 rings (SSSR count). The van der Waals surface area contributed by atoms with E-state index in [1.54, 1.807) is 25.3 Å². The fourth-order valence-electron chi connectivity index (χ4n) is 3.29. The number of anilines is 1. The molecule has 1 aliphatic heterocycles. The first-order chi connectivity index (χ1) is 13.1. The minimum Gasteiger partial charge on any atom is -0.463 e. The number of benzene rings is 1. The minimum atomic E-state index is -0.468. The Hall–Kier alpha value is -3.73. The summed E-state index contributed by atoms with van der Waals surface area (Å²) in [6.07, 6.45) is 3.10. The van der Waals surface area contributed by atoms with Crippen molar-refractivity contribution in [2.24, 2.45) is 0 Å². The number of aromatic nitrogens is 4. The number of imidazole rings is 1. The standard InChI is InChI=1S/C19H16N6O2/c1-3-27-18(26)15-11(2)23-19-24-17-14(9-21-10-22-17)25(19)16(15)13-6-4-12(8-20)5-7-13/h4-7,9-10,16H,3H2,1-2H3,(H,21,22,23,24). The van der Waals surface area contributed by atoms with Gasteiger partial charge >= 0.3 is 5.97 Å². The molecule has 8 heteroatoms. The number of carbonyl (C=O) groups excluding carboxylic acids is 1. The van der Waals surface area contributed by atoms with Crippen LogP contribution in [-0.2, 0) is 9.53 Å². The van der Waals surface area contributed by atoms with Crippen molar-refractivity contribution in [1.82, 2.24) is 19.5 Å². The second-order valence-corrected chi connectivity index (χ2v) is 6.06. The Labute approximate surface area is 155 Å². The molecule has 3 heterocycles. The van der Waals surface area contributed by atoms with Gasteiger partial charge in [0.15, 0.2) is 5.65 Å². The van der Waals surface area contributed by atoms with Crippen LogP contribution in [0.4, 0.5) is 5.95 Å². The van der Waals surface area contributed by atoms with E-state index in [1.807, 2.05) is 23.6 Å². The van der Waals surface area contributed by atoms with Gasteiger partial charge in [0.05, 0.1) is 36.1 Å². The third-order valence-corrected chi connectivity index (χ3v) is 4.46. The van der Waals surface area contributed by atoms with E-state index in [-0.39, 0.29) is 6.61 Å². The zero-order valence-electron chi connectivity index (χ0n) is 14.8. The molecule has 1 aliphatic rings. The SMILES string of the molecule is CCOC(=O)C1=C(C)Nc2nc3ncncc3n2C1c1ccc(C#N)cc1. The van der Waals surface area contributed by atoms with Crippen LogP contribution in [0.5, 0.6) is 0 Å². The lowest BCUT2D eigenvalue weighted by Gasteiger charge is -2.30. The summed E-state index contributed by atoms with van der Waals surface area (Å²) in [6.45, 7) is 3.86. The summed E-state index contributed by atoms with van der Waals surface area (Å²) in [5.41, 5.74) is 3.76. The zero-order valence-corrected chi connectivity index (χ0v) is 14.8. The van der Waals surface area contributed by atoms with Crippen LogP contribution >= 0.6 is 0 Å². The normalized spacial score (nSPS) is 15.8. The van der Waals surface area contributed by atoms with Gasteiger partial charge in [-0.1, -0.05) is 12.1 Å². The van der Waals surface area contributed by atoms with Crippen LogP contribution < -0.4 is 5.32 Å². The van der Waals surface area contributed by atoms with Crippen LogP contribution in [0, 0.1) is 11.3 Å². The molecule has 1 atom stereocenters. The fourth-order valence-corrected chi connectivity index (χ4v) is 3.29. The summed E-state index contributed by atoms with van der Waals surface area (Å²) >= 11 is 0. The number of nitrogens with zero attached hydrogens (tertiary/aromatic N) is 5. The number of hydrogen-bond donors (Lipinski definition) is 1. The number of ether oxygens (including phenoxy) is 1. The molecule has 1 aromatic carbocycles. The molecule has 0 fully saturated rings. The van der Waals surface area contributed by atoms with Crippen molar-refractivity contribution in [2.45, 2.75) is 19.9 Å². The number of nitrogens with one attached hydrogen (secondary N) is 1. The molecular weight excluding hydrogens is 344 g/mol. The van der Waals surface area contributed by atoms with E-state index in [0.29, 0.717) is 33.9 Å². The summed E-state index contributed by atoms with van der Waals surface area (Å²) < 4.78 is 7.18. The van der Waals surface area contributed by atoms with E-state index in [9.17, 15) is 4.79 Å². The van der Waals surface area contributed by atoms with E-state index >= 15 is 0 Å². The third-order valence-electron chi connectivity index (χ3n) is 4.46. The molecule has 1 unspecified atom stereocenters. The smallest absolute Gasteiger partial charge is 0.338 e.